The fourth-order valence-electron chi connectivity index (χ4n) is 0.384. The molecule has 1 rings (SSSR count). The van der Waals surface area contributed by atoms with Gasteiger partial charge >= 0.3 is 0 Å². The van der Waals surface area contributed by atoms with Gasteiger partial charge in [0.1, 0.15) is 6.54 Å². The van der Waals surface area contributed by atoms with E-state index in [4.69, 9.17) is 0 Å². The molecule has 0 amide bonds. The quantitative estimate of drug-likeness (QED) is 0.448. The number of rotatable bonds is 0. The van der Waals surface area contributed by atoms with Gasteiger partial charge in [0.25, 0.3) is 6.02 Å². The van der Waals surface area contributed by atoms with Gasteiger partial charge in [0, 0.05) is 6.54 Å². The standard InChI is InChI=1S/C4H6N2O/c1-7-4-5-2-3-6-4/h5H,2H2,1H3. The Morgan fingerprint density at radius 3 is 3.14 bits per heavy atom. The van der Waals surface area contributed by atoms with E-state index in [0.29, 0.717) is 12.6 Å². The molecule has 0 fully saturated rings. The summed E-state index contributed by atoms with van der Waals surface area (Å²) in [5.41, 5.74) is 0. The summed E-state index contributed by atoms with van der Waals surface area (Å²) < 4.78 is 4.69. The molecule has 0 aromatic rings. The number of methoxy groups -OCH3 is 1. The number of hydrogen-bond donors (Lipinski definition) is 1. The summed E-state index contributed by atoms with van der Waals surface area (Å²) in [5.74, 6) is 0. The van der Waals surface area contributed by atoms with Crippen molar-refractivity contribution in [3.05, 3.63) is 6.54 Å². The molecule has 1 aliphatic heterocycles. The van der Waals surface area contributed by atoms with Crippen molar-refractivity contribution in [1.82, 2.24) is 5.32 Å². The molecule has 0 saturated heterocycles. The number of aliphatic imine (C=N–C) groups is 1. The van der Waals surface area contributed by atoms with Crippen LogP contribution in [0, 0.1) is 6.54 Å². The molecule has 1 N–H and O–H groups in total. The summed E-state index contributed by atoms with van der Waals surface area (Å²) in [5, 5.41) is 2.82. The predicted octanol–water partition coefficient (Wildman–Crippen LogP) is -0.369. The zero-order valence-electron chi connectivity index (χ0n) is 4.06. The third-order valence-electron chi connectivity index (χ3n) is 0.693. The number of ether oxygens (including phenoxy) is 1. The lowest BCUT2D eigenvalue weighted by atomic mass is 10.7. The van der Waals surface area contributed by atoms with E-state index < -0.39 is 0 Å². The lowest BCUT2D eigenvalue weighted by Gasteiger charge is -1.94. The van der Waals surface area contributed by atoms with Crippen molar-refractivity contribution in [3.63, 3.8) is 0 Å². The Bertz CT molecular complexity index is 89.7. The highest BCUT2D eigenvalue weighted by molar-refractivity contribution is 5.75. The van der Waals surface area contributed by atoms with E-state index >= 15 is 0 Å². The van der Waals surface area contributed by atoms with Crippen LogP contribution in [0.1, 0.15) is 0 Å². The molecule has 2 radical (unpaired) electrons. The Hall–Kier alpha value is -0.730. The summed E-state index contributed by atoms with van der Waals surface area (Å²) >= 11 is 0. The largest absolute Gasteiger partial charge is 0.469 e. The Balaban J connectivity index is 2.36. The van der Waals surface area contributed by atoms with Crippen molar-refractivity contribution in [2.24, 2.45) is 4.99 Å². The van der Waals surface area contributed by atoms with Gasteiger partial charge in [0.05, 0.1) is 7.11 Å². The minimum atomic E-state index is 0.556. The summed E-state index contributed by atoms with van der Waals surface area (Å²) in [7, 11) is 1.57. The van der Waals surface area contributed by atoms with Gasteiger partial charge in [0.15, 0.2) is 0 Å². The third kappa shape index (κ3) is 0.824. The molecule has 7 heavy (non-hydrogen) atoms. The van der Waals surface area contributed by atoms with Crippen LogP contribution >= 0.6 is 0 Å². The molecule has 0 spiro atoms. The molecule has 38 valence electrons. The zero-order valence-corrected chi connectivity index (χ0v) is 4.06. The second kappa shape index (κ2) is 1.82. The average Bonchev–Trinajstić information content (AvgIpc) is 2.14. The molecule has 0 aromatic carbocycles. The Morgan fingerprint density at radius 1 is 2.00 bits per heavy atom. The first kappa shape index (κ1) is 4.43. The monoisotopic (exact) mass is 98.0 g/mol. The van der Waals surface area contributed by atoms with E-state index in [1.807, 2.05) is 0 Å². The van der Waals surface area contributed by atoms with E-state index in [9.17, 15) is 0 Å². The molecule has 0 aromatic heterocycles. The molecule has 0 bridgehead atoms. The lowest BCUT2D eigenvalue weighted by Crippen LogP contribution is -2.18. The van der Waals surface area contributed by atoms with Crippen LogP contribution in [0.4, 0.5) is 0 Å². The predicted molar refractivity (Wildman–Crippen MR) is 25.7 cm³/mol. The van der Waals surface area contributed by atoms with Crippen molar-refractivity contribution < 1.29 is 4.74 Å². The molecule has 1 aliphatic rings. The summed E-state index contributed by atoms with van der Waals surface area (Å²) in [6.45, 7) is 3.34. The summed E-state index contributed by atoms with van der Waals surface area (Å²) in [4.78, 5) is 3.69. The second-order valence-electron chi connectivity index (χ2n) is 1.13. The minimum Gasteiger partial charge on any atom is -0.469 e. The van der Waals surface area contributed by atoms with E-state index in [1.54, 1.807) is 7.11 Å². The van der Waals surface area contributed by atoms with Crippen LogP contribution in [0.3, 0.4) is 0 Å². The van der Waals surface area contributed by atoms with Crippen LogP contribution < -0.4 is 5.32 Å². The zero-order chi connectivity index (χ0) is 5.11. The normalized spacial score (nSPS) is 18.1. The maximum atomic E-state index is 4.69. The maximum absolute atomic E-state index is 4.69. The first-order valence-electron chi connectivity index (χ1n) is 2.02. The lowest BCUT2D eigenvalue weighted by molar-refractivity contribution is 0.388. The fraction of sp³-hybridized carbons (Fsp3) is 0.500. The van der Waals surface area contributed by atoms with Crippen molar-refractivity contribution in [2.75, 3.05) is 13.7 Å². The van der Waals surface area contributed by atoms with E-state index in [-0.39, 0.29) is 0 Å². The smallest absolute Gasteiger partial charge is 0.285 e. The minimum absolute atomic E-state index is 0.556. The Labute approximate surface area is 42.4 Å². The van der Waals surface area contributed by atoms with Crippen molar-refractivity contribution >= 4 is 6.02 Å². The fourth-order valence-corrected chi connectivity index (χ4v) is 0.384. The van der Waals surface area contributed by atoms with Gasteiger partial charge in [-0.3, -0.25) is 0 Å². The number of nitrogens with one attached hydrogen (secondary N) is 1. The average molecular weight is 98.1 g/mol. The number of amidine groups is 1. The van der Waals surface area contributed by atoms with Gasteiger partial charge in [-0.2, -0.15) is 0 Å². The van der Waals surface area contributed by atoms with Crippen LogP contribution in [0.2, 0.25) is 0 Å². The first-order valence-corrected chi connectivity index (χ1v) is 2.02. The molecule has 1 heterocycles. The molecule has 0 aliphatic carbocycles. The molecule has 0 unspecified atom stereocenters. The highest BCUT2D eigenvalue weighted by Crippen LogP contribution is 1.88. The van der Waals surface area contributed by atoms with Crippen LogP contribution in [-0.2, 0) is 4.74 Å². The Kier molecular flexibility index (Phi) is 1.15. The van der Waals surface area contributed by atoms with Crippen LogP contribution in [0.15, 0.2) is 4.99 Å². The van der Waals surface area contributed by atoms with Gasteiger partial charge in [-0.25, -0.2) is 4.99 Å². The summed E-state index contributed by atoms with van der Waals surface area (Å²) in [6.07, 6.45) is 0. The third-order valence-corrected chi connectivity index (χ3v) is 0.693. The van der Waals surface area contributed by atoms with Crippen LogP contribution in [-0.4, -0.2) is 19.7 Å². The van der Waals surface area contributed by atoms with Crippen molar-refractivity contribution in [2.45, 2.75) is 0 Å². The Morgan fingerprint density at radius 2 is 2.86 bits per heavy atom. The van der Waals surface area contributed by atoms with Gasteiger partial charge in [-0.1, -0.05) is 0 Å². The molecular weight excluding hydrogens is 92.1 g/mol. The SMILES string of the molecule is COC1=N[C]CN1. The molecule has 3 heteroatoms. The highest BCUT2D eigenvalue weighted by atomic mass is 16.5. The first-order chi connectivity index (χ1) is 3.43. The van der Waals surface area contributed by atoms with Gasteiger partial charge < -0.3 is 10.1 Å². The topological polar surface area (TPSA) is 33.6 Å². The molecule has 3 nitrogen and oxygen atoms in total. The van der Waals surface area contributed by atoms with E-state index in [2.05, 4.69) is 21.6 Å². The van der Waals surface area contributed by atoms with Crippen molar-refractivity contribution in [3.8, 4) is 0 Å². The van der Waals surface area contributed by atoms with Gasteiger partial charge in [-0.15, -0.1) is 0 Å². The van der Waals surface area contributed by atoms with Gasteiger partial charge in [-0.05, 0) is 0 Å². The van der Waals surface area contributed by atoms with E-state index in [0.717, 1.165) is 0 Å². The van der Waals surface area contributed by atoms with E-state index in [1.165, 1.54) is 0 Å². The van der Waals surface area contributed by atoms with Crippen LogP contribution in [0.5, 0.6) is 0 Å². The van der Waals surface area contributed by atoms with Gasteiger partial charge in [0.2, 0.25) is 0 Å². The molecule has 0 atom stereocenters. The molecule has 0 saturated carbocycles. The van der Waals surface area contributed by atoms with Crippen molar-refractivity contribution in [1.29, 1.82) is 0 Å². The summed E-state index contributed by atoms with van der Waals surface area (Å²) in [6, 6.07) is 0.556. The number of nitrogens with zero attached hydrogens (tertiary/aromatic N) is 1. The second-order valence-corrected chi connectivity index (χ2v) is 1.13. The maximum Gasteiger partial charge on any atom is 0.285 e. The van der Waals surface area contributed by atoms with Crippen LogP contribution in [0.25, 0.3) is 0 Å². The molecular formula is C4H6N2O. The highest BCUT2D eigenvalue weighted by Gasteiger charge is 2.02. The number of hydrogen-bond acceptors (Lipinski definition) is 3.